The highest BCUT2D eigenvalue weighted by Crippen LogP contribution is 2.25. The summed E-state index contributed by atoms with van der Waals surface area (Å²) < 4.78 is 6.60. The minimum Gasteiger partial charge on any atom is -0.371 e. The van der Waals surface area contributed by atoms with Crippen molar-refractivity contribution in [2.24, 2.45) is 5.92 Å². The molecule has 0 aliphatic carbocycles. The first-order valence-electron chi connectivity index (χ1n) is 6.32. The number of aromatic nitrogens is 2. The van der Waals surface area contributed by atoms with Crippen LogP contribution < -0.4 is 0 Å². The van der Waals surface area contributed by atoms with Crippen LogP contribution in [0.5, 0.6) is 0 Å². The SMILES string of the molecule is CCOC(CC)c1nc(Cl)c(I)c(CC(C)C)n1. The molecule has 0 radical (unpaired) electrons. The molecule has 0 aliphatic heterocycles. The number of halogens is 2. The van der Waals surface area contributed by atoms with Gasteiger partial charge in [0.1, 0.15) is 11.3 Å². The summed E-state index contributed by atoms with van der Waals surface area (Å²) >= 11 is 8.40. The molecule has 0 N–H and O–H groups in total. The minimum absolute atomic E-state index is 0.0598. The molecule has 0 saturated carbocycles. The van der Waals surface area contributed by atoms with Gasteiger partial charge in [0.15, 0.2) is 5.82 Å². The Labute approximate surface area is 128 Å². The number of hydrogen-bond acceptors (Lipinski definition) is 3. The molecule has 5 heteroatoms. The zero-order valence-electron chi connectivity index (χ0n) is 11.3. The fourth-order valence-electron chi connectivity index (χ4n) is 1.72. The molecule has 102 valence electrons. The third-order valence-corrected chi connectivity index (χ3v) is 4.25. The van der Waals surface area contributed by atoms with Crippen LogP contribution in [0.25, 0.3) is 0 Å². The standard InChI is InChI=1S/C13H20ClIN2O/c1-5-10(18-6-2)13-16-9(7-8(3)4)11(15)12(14)17-13/h8,10H,5-7H2,1-4H3. The first kappa shape index (κ1) is 16.1. The Morgan fingerprint density at radius 3 is 2.44 bits per heavy atom. The molecule has 18 heavy (non-hydrogen) atoms. The van der Waals surface area contributed by atoms with Crippen molar-refractivity contribution < 1.29 is 4.74 Å². The molecule has 0 aromatic carbocycles. The van der Waals surface area contributed by atoms with Crippen molar-refractivity contribution in [3.8, 4) is 0 Å². The quantitative estimate of drug-likeness (QED) is 0.539. The van der Waals surface area contributed by atoms with Gasteiger partial charge >= 0.3 is 0 Å². The van der Waals surface area contributed by atoms with Crippen LogP contribution in [0, 0.1) is 9.49 Å². The zero-order valence-corrected chi connectivity index (χ0v) is 14.2. The van der Waals surface area contributed by atoms with Crippen molar-refractivity contribution in [3.05, 3.63) is 20.2 Å². The predicted molar refractivity (Wildman–Crippen MR) is 83.0 cm³/mol. The number of rotatable bonds is 6. The van der Waals surface area contributed by atoms with E-state index in [1.807, 2.05) is 6.92 Å². The van der Waals surface area contributed by atoms with E-state index in [0.717, 1.165) is 22.1 Å². The van der Waals surface area contributed by atoms with Crippen molar-refractivity contribution in [2.45, 2.75) is 46.6 Å². The topological polar surface area (TPSA) is 35.0 Å². The largest absolute Gasteiger partial charge is 0.371 e. The number of ether oxygens (including phenoxy) is 1. The molecule has 0 saturated heterocycles. The molecule has 0 spiro atoms. The lowest BCUT2D eigenvalue weighted by Gasteiger charge is -2.16. The molecule has 0 aliphatic rings. The first-order chi connectivity index (χ1) is 8.49. The van der Waals surface area contributed by atoms with E-state index in [2.05, 4.69) is 53.3 Å². The lowest BCUT2D eigenvalue weighted by molar-refractivity contribution is 0.0532. The van der Waals surface area contributed by atoms with Crippen molar-refractivity contribution in [3.63, 3.8) is 0 Å². The Morgan fingerprint density at radius 1 is 1.28 bits per heavy atom. The Kier molecular flexibility index (Phi) is 6.81. The second-order valence-corrected chi connectivity index (χ2v) is 6.02. The Bertz CT molecular complexity index is 399. The maximum Gasteiger partial charge on any atom is 0.159 e. The molecule has 0 bridgehead atoms. The van der Waals surface area contributed by atoms with E-state index in [1.165, 1.54) is 0 Å². The van der Waals surface area contributed by atoms with Crippen LogP contribution >= 0.6 is 34.2 Å². The highest BCUT2D eigenvalue weighted by Gasteiger charge is 2.18. The van der Waals surface area contributed by atoms with Crippen LogP contribution in [-0.2, 0) is 11.2 Å². The minimum atomic E-state index is -0.0598. The molecule has 3 nitrogen and oxygen atoms in total. The molecule has 1 aromatic rings. The molecular weight excluding hydrogens is 363 g/mol. The molecule has 0 amide bonds. The summed E-state index contributed by atoms with van der Waals surface area (Å²) in [6, 6.07) is 0. The number of hydrogen-bond donors (Lipinski definition) is 0. The van der Waals surface area contributed by atoms with E-state index in [-0.39, 0.29) is 6.10 Å². The third-order valence-electron chi connectivity index (χ3n) is 2.52. The normalized spacial score (nSPS) is 13.1. The molecule has 1 atom stereocenters. The second-order valence-electron chi connectivity index (χ2n) is 4.58. The first-order valence-corrected chi connectivity index (χ1v) is 7.78. The van der Waals surface area contributed by atoms with Gasteiger partial charge in [0, 0.05) is 6.61 Å². The Morgan fingerprint density at radius 2 is 1.94 bits per heavy atom. The van der Waals surface area contributed by atoms with E-state index in [9.17, 15) is 0 Å². The van der Waals surface area contributed by atoms with Crippen LogP contribution in [0.15, 0.2) is 0 Å². The average molecular weight is 383 g/mol. The van der Waals surface area contributed by atoms with E-state index >= 15 is 0 Å². The summed E-state index contributed by atoms with van der Waals surface area (Å²) in [5.41, 5.74) is 1.03. The molecule has 1 heterocycles. The van der Waals surface area contributed by atoms with Gasteiger partial charge in [-0.25, -0.2) is 9.97 Å². The number of nitrogens with zero attached hydrogens (tertiary/aromatic N) is 2. The van der Waals surface area contributed by atoms with E-state index in [0.29, 0.717) is 23.5 Å². The van der Waals surface area contributed by atoms with Gasteiger partial charge in [0.05, 0.1) is 9.26 Å². The smallest absolute Gasteiger partial charge is 0.159 e. The van der Waals surface area contributed by atoms with E-state index in [4.69, 9.17) is 16.3 Å². The molecule has 1 unspecified atom stereocenters. The van der Waals surface area contributed by atoms with Crippen LogP contribution in [0.3, 0.4) is 0 Å². The van der Waals surface area contributed by atoms with E-state index < -0.39 is 0 Å². The summed E-state index contributed by atoms with van der Waals surface area (Å²) in [4.78, 5) is 8.99. The summed E-state index contributed by atoms with van der Waals surface area (Å²) in [5.74, 6) is 1.25. The van der Waals surface area contributed by atoms with Crippen LogP contribution in [-0.4, -0.2) is 16.6 Å². The summed E-state index contributed by atoms with van der Waals surface area (Å²) in [5, 5.41) is 0.536. The predicted octanol–water partition coefficient (Wildman–Crippen LogP) is 4.42. The third kappa shape index (κ3) is 4.31. The van der Waals surface area contributed by atoms with Gasteiger partial charge in [-0.1, -0.05) is 32.4 Å². The lowest BCUT2D eigenvalue weighted by Crippen LogP contribution is -2.12. The van der Waals surface area contributed by atoms with Crippen LogP contribution in [0.2, 0.25) is 5.15 Å². The molecular formula is C13H20ClIN2O. The highest BCUT2D eigenvalue weighted by molar-refractivity contribution is 14.1. The van der Waals surface area contributed by atoms with Gasteiger partial charge in [-0.05, 0) is 48.3 Å². The lowest BCUT2D eigenvalue weighted by atomic mass is 10.1. The van der Waals surface area contributed by atoms with Gasteiger partial charge in [-0.3, -0.25) is 0 Å². The summed E-state index contributed by atoms with van der Waals surface area (Å²) in [6.07, 6.45) is 1.71. The Balaban J connectivity index is 3.09. The van der Waals surface area contributed by atoms with Crippen molar-refractivity contribution in [1.82, 2.24) is 9.97 Å². The molecule has 1 aromatic heterocycles. The van der Waals surface area contributed by atoms with Gasteiger partial charge < -0.3 is 4.74 Å². The Hall–Kier alpha value is 0.0600. The van der Waals surface area contributed by atoms with Gasteiger partial charge in [0.2, 0.25) is 0 Å². The fourth-order valence-corrected chi connectivity index (χ4v) is 2.38. The molecule has 1 rings (SSSR count). The second kappa shape index (κ2) is 7.60. The van der Waals surface area contributed by atoms with Gasteiger partial charge in [-0.15, -0.1) is 0 Å². The van der Waals surface area contributed by atoms with Gasteiger partial charge in [0.25, 0.3) is 0 Å². The maximum atomic E-state index is 6.19. The average Bonchev–Trinajstić information content (AvgIpc) is 2.31. The van der Waals surface area contributed by atoms with Crippen molar-refractivity contribution >= 4 is 34.2 Å². The van der Waals surface area contributed by atoms with Crippen LogP contribution in [0.1, 0.15) is 51.7 Å². The highest BCUT2D eigenvalue weighted by atomic mass is 127. The monoisotopic (exact) mass is 382 g/mol. The van der Waals surface area contributed by atoms with Gasteiger partial charge in [-0.2, -0.15) is 0 Å². The van der Waals surface area contributed by atoms with Crippen molar-refractivity contribution in [2.75, 3.05) is 6.61 Å². The fraction of sp³-hybridized carbons (Fsp3) is 0.692. The molecule has 0 fully saturated rings. The zero-order chi connectivity index (χ0) is 13.7. The summed E-state index contributed by atoms with van der Waals surface area (Å²) in [7, 11) is 0. The van der Waals surface area contributed by atoms with Crippen molar-refractivity contribution in [1.29, 1.82) is 0 Å². The van der Waals surface area contributed by atoms with Crippen LogP contribution in [0.4, 0.5) is 0 Å². The van der Waals surface area contributed by atoms with E-state index in [1.54, 1.807) is 0 Å². The summed E-state index contributed by atoms with van der Waals surface area (Å²) in [6.45, 7) is 9.05. The maximum absolute atomic E-state index is 6.19.